The molecule has 0 spiro atoms. The molecule has 0 aromatic rings. The van der Waals surface area contributed by atoms with Gasteiger partial charge in [0.2, 0.25) is 0 Å². The van der Waals surface area contributed by atoms with Crippen LogP contribution in [0.1, 0.15) is 53.9 Å². The quantitative estimate of drug-likeness (QED) is 0.524. The van der Waals surface area contributed by atoms with Gasteiger partial charge >= 0.3 is 0 Å². The lowest BCUT2D eigenvalue weighted by molar-refractivity contribution is 0.393. The van der Waals surface area contributed by atoms with Crippen LogP contribution in [0.4, 0.5) is 0 Å². The molecule has 0 bridgehead atoms. The summed E-state index contributed by atoms with van der Waals surface area (Å²) in [5.74, 6) is 2.43. The van der Waals surface area contributed by atoms with E-state index in [1.54, 1.807) is 0 Å². The summed E-state index contributed by atoms with van der Waals surface area (Å²) in [4.78, 5) is 0. The topological polar surface area (TPSA) is 0 Å². The van der Waals surface area contributed by atoms with Gasteiger partial charge in [-0.3, -0.25) is 0 Å². The predicted octanol–water partition coefficient (Wildman–Crippen LogP) is 4.66. The van der Waals surface area contributed by atoms with Crippen molar-refractivity contribution in [2.75, 3.05) is 0 Å². The first kappa shape index (κ1) is 12.7. The number of hydrogen-bond donors (Lipinski definition) is 0. The lowest BCUT2D eigenvalue weighted by Crippen LogP contribution is -2.06. The van der Waals surface area contributed by atoms with E-state index < -0.39 is 0 Å². The molecule has 0 fully saturated rings. The van der Waals surface area contributed by atoms with Crippen molar-refractivity contribution in [2.24, 2.45) is 17.8 Å². The van der Waals surface area contributed by atoms with Crippen molar-refractivity contribution in [1.29, 1.82) is 0 Å². The van der Waals surface area contributed by atoms with E-state index in [1.165, 1.54) is 19.3 Å². The highest BCUT2D eigenvalue weighted by Crippen LogP contribution is 2.21. The van der Waals surface area contributed by atoms with Crippen LogP contribution in [0, 0.1) is 17.8 Å². The second-order valence-corrected chi connectivity index (χ2v) is 4.72. The Morgan fingerprint density at radius 2 is 1.62 bits per heavy atom. The molecule has 1 unspecified atom stereocenters. The van der Waals surface area contributed by atoms with E-state index in [1.807, 2.05) is 0 Å². The van der Waals surface area contributed by atoms with Gasteiger partial charge in [-0.05, 0) is 30.6 Å². The van der Waals surface area contributed by atoms with Gasteiger partial charge in [-0.15, -0.1) is 0 Å². The summed E-state index contributed by atoms with van der Waals surface area (Å²) >= 11 is 0. The highest BCUT2D eigenvalue weighted by Gasteiger charge is 2.09. The third kappa shape index (κ3) is 6.86. The molecule has 0 radical (unpaired) electrons. The first-order chi connectivity index (χ1) is 6.07. The molecule has 0 nitrogen and oxygen atoms in total. The van der Waals surface area contributed by atoms with E-state index in [0.29, 0.717) is 0 Å². The third-order valence-electron chi connectivity index (χ3n) is 2.55. The lowest BCUT2D eigenvalue weighted by atomic mass is 9.88. The summed E-state index contributed by atoms with van der Waals surface area (Å²) in [5.41, 5.74) is 0. The Labute approximate surface area is 84.4 Å². The molecule has 0 aliphatic heterocycles. The van der Waals surface area contributed by atoms with Gasteiger partial charge in [-0.25, -0.2) is 0 Å². The monoisotopic (exact) mass is 182 g/mol. The van der Waals surface area contributed by atoms with Crippen molar-refractivity contribution in [3.63, 3.8) is 0 Å². The lowest BCUT2D eigenvalue weighted by Gasteiger charge is -2.17. The highest BCUT2D eigenvalue weighted by atomic mass is 14.1. The zero-order valence-corrected chi connectivity index (χ0v) is 10.0. The normalized spacial score (nSPS) is 14.7. The maximum atomic E-state index is 2.41. The second kappa shape index (κ2) is 7.17. The SMILES string of the molecule is CCC=CC(CCC(C)C)C(C)C. The summed E-state index contributed by atoms with van der Waals surface area (Å²) in [6, 6.07) is 0. The first-order valence-corrected chi connectivity index (χ1v) is 5.74. The molecule has 0 aliphatic carbocycles. The Morgan fingerprint density at radius 1 is 1.00 bits per heavy atom. The molecule has 0 amide bonds. The van der Waals surface area contributed by atoms with Crippen molar-refractivity contribution < 1.29 is 0 Å². The summed E-state index contributed by atoms with van der Waals surface area (Å²) in [6.07, 6.45) is 8.60. The van der Waals surface area contributed by atoms with E-state index in [0.717, 1.165) is 17.8 Å². The van der Waals surface area contributed by atoms with Gasteiger partial charge < -0.3 is 0 Å². The Bertz CT molecular complexity index is 131. The van der Waals surface area contributed by atoms with Gasteiger partial charge in [0.15, 0.2) is 0 Å². The standard InChI is InChI=1S/C13H26/c1-6-7-8-13(12(4)5)10-9-11(2)3/h7-8,11-13H,6,9-10H2,1-5H3. The molecular weight excluding hydrogens is 156 g/mol. The van der Waals surface area contributed by atoms with Crippen LogP contribution in [0.3, 0.4) is 0 Å². The smallest absolute Gasteiger partial charge is 0.0210 e. The number of allylic oxidation sites excluding steroid dienone is 2. The summed E-state index contributed by atoms with van der Waals surface area (Å²) < 4.78 is 0. The van der Waals surface area contributed by atoms with Crippen LogP contribution in [0.2, 0.25) is 0 Å². The molecule has 0 saturated heterocycles. The van der Waals surface area contributed by atoms with Crippen LogP contribution in [-0.4, -0.2) is 0 Å². The van der Waals surface area contributed by atoms with Gasteiger partial charge in [0, 0.05) is 0 Å². The Morgan fingerprint density at radius 3 is 2.00 bits per heavy atom. The minimum absolute atomic E-state index is 0.793. The molecule has 0 saturated carbocycles. The molecule has 0 heterocycles. The fourth-order valence-electron chi connectivity index (χ4n) is 1.49. The van der Waals surface area contributed by atoms with Gasteiger partial charge in [0.05, 0.1) is 0 Å². The van der Waals surface area contributed by atoms with Crippen LogP contribution < -0.4 is 0 Å². The molecule has 78 valence electrons. The maximum Gasteiger partial charge on any atom is -0.0210 e. The van der Waals surface area contributed by atoms with Gasteiger partial charge in [0.1, 0.15) is 0 Å². The van der Waals surface area contributed by atoms with Crippen LogP contribution >= 0.6 is 0 Å². The summed E-state index contributed by atoms with van der Waals surface area (Å²) in [6.45, 7) is 11.5. The zero-order valence-electron chi connectivity index (χ0n) is 10.0. The second-order valence-electron chi connectivity index (χ2n) is 4.72. The van der Waals surface area contributed by atoms with Gasteiger partial charge in [-0.2, -0.15) is 0 Å². The minimum Gasteiger partial charge on any atom is -0.0885 e. The average molecular weight is 182 g/mol. The fraction of sp³-hybridized carbons (Fsp3) is 0.846. The Hall–Kier alpha value is -0.260. The van der Waals surface area contributed by atoms with E-state index in [-0.39, 0.29) is 0 Å². The van der Waals surface area contributed by atoms with Crippen LogP contribution in [0.25, 0.3) is 0 Å². The predicted molar refractivity (Wildman–Crippen MR) is 61.8 cm³/mol. The van der Waals surface area contributed by atoms with E-state index >= 15 is 0 Å². The zero-order chi connectivity index (χ0) is 10.3. The van der Waals surface area contributed by atoms with Crippen LogP contribution in [0.5, 0.6) is 0 Å². The molecule has 1 atom stereocenters. The van der Waals surface area contributed by atoms with E-state index in [4.69, 9.17) is 0 Å². The molecule has 0 aliphatic rings. The van der Waals surface area contributed by atoms with Crippen molar-refractivity contribution in [3.8, 4) is 0 Å². The summed E-state index contributed by atoms with van der Waals surface area (Å²) in [7, 11) is 0. The Kier molecular flexibility index (Phi) is 7.03. The molecule has 0 heteroatoms. The molecule has 13 heavy (non-hydrogen) atoms. The van der Waals surface area contributed by atoms with Crippen molar-refractivity contribution in [3.05, 3.63) is 12.2 Å². The van der Waals surface area contributed by atoms with Gasteiger partial charge in [0.25, 0.3) is 0 Å². The van der Waals surface area contributed by atoms with Gasteiger partial charge in [-0.1, -0.05) is 53.2 Å². The van der Waals surface area contributed by atoms with Crippen LogP contribution in [-0.2, 0) is 0 Å². The number of hydrogen-bond acceptors (Lipinski definition) is 0. The van der Waals surface area contributed by atoms with Crippen molar-refractivity contribution in [1.82, 2.24) is 0 Å². The fourth-order valence-corrected chi connectivity index (χ4v) is 1.49. The van der Waals surface area contributed by atoms with Crippen molar-refractivity contribution in [2.45, 2.75) is 53.9 Å². The molecule has 0 aromatic heterocycles. The minimum atomic E-state index is 0.793. The largest absolute Gasteiger partial charge is 0.0885 e. The molecular formula is C13H26. The molecule has 0 N–H and O–H groups in total. The average Bonchev–Trinajstić information content (AvgIpc) is 2.03. The third-order valence-corrected chi connectivity index (χ3v) is 2.55. The Balaban J connectivity index is 3.88. The molecule has 0 aromatic carbocycles. The highest BCUT2D eigenvalue weighted by molar-refractivity contribution is 4.89. The summed E-state index contributed by atoms with van der Waals surface area (Å²) in [5, 5.41) is 0. The first-order valence-electron chi connectivity index (χ1n) is 5.74. The number of rotatable bonds is 6. The molecule has 0 rings (SSSR count). The van der Waals surface area contributed by atoms with Crippen LogP contribution in [0.15, 0.2) is 12.2 Å². The van der Waals surface area contributed by atoms with E-state index in [2.05, 4.69) is 46.8 Å². The van der Waals surface area contributed by atoms with Crippen molar-refractivity contribution >= 4 is 0 Å². The van der Waals surface area contributed by atoms with E-state index in [9.17, 15) is 0 Å². The maximum absolute atomic E-state index is 2.41.